The van der Waals surface area contributed by atoms with E-state index in [1.807, 2.05) is 0 Å². The molecular formula is C17H20F3IN4O3S. The van der Waals surface area contributed by atoms with Crippen molar-refractivity contribution in [2.75, 3.05) is 7.05 Å². The zero-order valence-corrected chi connectivity index (χ0v) is 18.4. The van der Waals surface area contributed by atoms with Gasteiger partial charge in [0.15, 0.2) is 5.96 Å². The van der Waals surface area contributed by atoms with Crippen LogP contribution in [-0.4, -0.2) is 27.8 Å². The zero-order valence-electron chi connectivity index (χ0n) is 15.2. The summed E-state index contributed by atoms with van der Waals surface area (Å²) in [5, 5.41) is 10.9. The molecule has 29 heavy (non-hydrogen) atoms. The van der Waals surface area contributed by atoms with Crippen molar-refractivity contribution in [2.45, 2.75) is 24.3 Å². The first-order valence-corrected chi connectivity index (χ1v) is 9.53. The number of alkyl halides is 3. The first-order chi connectivity index (χ1) is 13.1. The number of halogens is 4. The van der Waals surface area contributed by atoms with Crippen LogP contribution in [0.5, 0.6) is 5.75 Å². The van der Waals surface area contributed by atoms with E-state index in [1.165, 1.54) is 37.4 Å². The van der Waals surface area contributed by atoms with Crippen LogP contribution >= 0.6 is 24.0 Å². The van der Waals surface area contributed by atoms with E-state index in [1.54, 1.807) is 18.2 Å². The van der Waals surface area contributed by atoms with Crippen molar-refractivity contribution in [2.24, 2.45) is 10.1 Å². The smallest absolute Gasteiger partial charge is 0.405 e. The summed E-state index contributed by atoms with van der Waals surface area (Å²) in [5.74, 6) is 0.00151. The molecule has 0 unspecified atom stereocenters. The standard InChI is InChI=1S/C17H19F3N4O3S.HI/c1-22-16(23-10-12-5-4-7-14(9-12)28(21,25)26)24-11-13-6-2-3-8-15(13)27-17(18,19)20;/h2-9H,10-11H2,1H3,(H2,21,25,26)(H2,22,23,24);1H. The summed E-state index contributed by atoms with van der Waals surface area (Å²) in [6.45, 7) is 0.257. The summed E-state index contributed by atoms with van der Waals surface area (Å²) < 4.78 is 64.2. The Bertz CT molecular complexity index is 953. The lowest BCUT2D eigenvalue weighted by molar-refractivity contribution is -0.274. The van der Waals surface area contributed by atoms with Crippen molar-refractivity contribution in [3.63, 3.8) is 0 Å². The fourth-order valence-electron chi connectivity index (χ4n) is 2.29. The number of para-hydroxylation sites is 1. The number of nitrogens with two attached hydrogens (primary N) is 1. The molecule has 0 saturated carbocycles. The number of hydrogen-bond acceptors (Lipinski definition) is 4. The van der Waals surface area contributed by atoms with Crippen LogP contribution in [0, 0.1) is 0 Å². The maximum absolute atomic E-state index is 12.5. The number of rotatable bonds is 6. The van der Waals surface area contributed by atoms with Crippen LogP contribution in [0.15, 0.2) is 58.4 Å². The second kappa shape index (κ2) is 10.6. The fraction of sp³-hybridized carbons (Fsp3) is 0.235. The molecule has 7 nitrogen and oxygen atoms in total. The Morgan fingerprint density at radius 3 is 2.38 bits per heavy atom. The molecule has 0 aliphatic rings. The summed E-state index contributed by atoms with van der Waals surface area (Å²) in [6.07, 6.45) is -4.79. The van der Waals surface area contributed by atoms with Gasteiger partial charge >= 0.3 is 6.36 Å². The lowest BCUT2D eigenvalue weighted by atomic mass is 10.2. The van der Waals surface area contributed by atoms with Crippen LogP contribution < -0.4 is 20.5 Å². The molecular weight excluding hydrogens is 524 g/mol. The van der Waals surface area contributed by atoms with E-state index < -0.39 is 16.4 Å². The van der Waals surface area contributed by atoms with E-state index in [0.29, 0.717) is 17.1 Å². The molecule has 0 amide bonds. The van der Waals surface area contributed by atoms with Crippen LogP contribution in [-0.2, 0) is 23.1 Å². The number of sulfonamides is 1. The monoisotopic (exact) mass is 544 g/mol. The number of aliphatic imine (C=N–C) groups is 1. The third-order valence-corrected chi connectivity index (χ3v) is 4.47. The number of primary sulfonamides is 1. The largest absolute Gasteiger partial charge is 0.573 e. The van der Waals surface area contributed by atoms with E-state index in [9.17, 15) is 21.6 Å². The van der Waals surface area contributed by atoms with Crippen molar-refractivity contribution >= 4 is 40.0 Å². The van der Waals surface area contributed by atoms with E-state index in [0.717, 1.165) is 0 Å². The first kappa shape index (κ1) is 25.0. The molecule has 2 rings (SSSR count). The van der Waals surface area contributed by atoms with Crippen molar-refractivity contribution in [1.82, 2.24) is 10.6 Å². The quantitative estimate of drug-likeness (QED) is 0.295. The van der Waals surface area contributed by atoms with Gasteiger partial charge in [-0.2, -0.15) is 0 Å². The van der Waals surface area contributed by atoms with Gasteiger partial charge in [-0.3, -0.25) is 4.99 Å². The maximum atomic E-state index is 12.5. The number of nitrogens with zero attached hydrogens (tertiary/aromatic N) is 1. The molecule has 0 fully saturated rings. The molecule has 2 aromatic carbocycles. The number of nitrogens with one attached hydrogen (secondary N) is 2. The van der Waals surface area contributed by atoms with E-state index in [4.69, 9.17) is 5.14 Å². The summed E-state index contributed by atoms with van der Waals surface area (Å²) in [7, 11) is -2.32. The van der Waals surface area contributed by atoms with Gasteiger partial charge in [0.05, 0.1) is 4.90 Å². The molecule has 0 spiro atoms. The molecule has 0 bridgehead atoms. The molecule has 0 atom stereocenters. The topological polar surface area (TPSA) is 106 Å². The lowest BCUT2D eigenvalue weighted by Crippen LogP contribution is -2.36. The Balaban J connectivity index is 0.00000420. The Morgan fingerprint density at radius 2 is 1.76 bits per heavy atom. The highest BCUT2D eigenvalue weighted by Crippen LogP contribution is 2.26. The van der Waals surface area contributed by atoms with Crippen LogP contribution in [0.1, 0.15) is 11.1 Å². The molecule has 12 heteroatoms. The van der Waals surface area contributed by atoms with Crippen LogP contribution in [0.2, 0.25) is 0 Å². The third kappa shape index (κ3) is 8.45. The predicted octanol–water partition coefficient (Wildman–Crippen LogP) is 2.72. The van der Waals surface area contributed by atoms with Crippen LogP contribution in [0.25, 0.3) is 0 Å². The average molecular weight is 544 g/mol. The fourth-order valence-corrected chi connectivity index (χ4v) is 2.88. The van der Waals surface area contributed by atoms with Gasteiger partial charge in [-0.1, -0.05) is 30.3 Å². The Kier molecular flexibility index (Phi) is 9.16. The molecule has 4 N–H and O–H groups in total. The Hall–Kier alpha value is -2.06. The molecule has 0 heterocycles. The summed E-state index contributed by atoms with van der Waals surface area (Å²) in [4.78, 5) is 3.96. The molecule has 0 radical (unpaired) electrons. The molecule has 160 valence electrons. The van der Waals surface area contributed by atoms with Gasteiger partial charge in [0, 0.05) is 25.7 Å². The number of hydrogen-bond donors (Lipinski definition) is 3. The normalized spacial score (nSPS) is 12.1. The second-order valence-electron chi connectivity index (χ2n) is 5.63. The minimum Gasteiger partial charge on any atom is -0.405 e. The molecule has 0 saturated heterocycles. The summed E-state index contributed by atoms with van der Waals surface area (Å²) in [6, 6.07) is 11.8. The summed E-state index contributed by atoms with van der Waals surface area (Å²) in [5.41, 5.74) is 0.925. The molecule has 0 aromatic heterocycles. The summed E-state index contributed by atoms with van der Waals surface area (Å²) >= 11 is 0. The zero-order chi connectivity index (χ0) is 20.8. The van der Waals surface area contributed by atoms with Gasteiger partial charge in [-0.15, -0.1) is 37.1 Å². The van der Waals surface area contributed by atoms with Gasteiger partial charge in [-0.05, 0) is 23.8 Å². The Morgan fingerprint density at radius 1 is 1.10 bits per heavy atom. The first-order valence-electron chi connectivity index (χ1n) is 7.98. The minimum absolute atomic E-state index is 0. The van der Waals surface area contributed by atoms with Crippen molar-refractivity contribution in [1.29, 1.82) is 0 Å². The highest BCUT2D eigenvalue weighted by atomic mass is 127. The van der Waals surface area contributed by atoms with E-state index >= 15 is 0 Å². The lowest BCUT2D eigenvalue weighted by Gasteiger charge is -2.15. The second-order valence-corrected chi connectivity index (χ2v) is 7.19. The predicted molar refractivity (Wildman–Crippen MR) is 113 cm³/mol. The number of benzene rings is 2. The van der Waals surface area contributed by atoms with Gasteiger partial charge in [0.25, 0.3) is 0 Å². The molecule has 0 aliphatic carbocycles. The van der Waals surface area contributed by atoms with E-state index in [2.05, 4.69) is 20.4 Å². The average Bonchev–Trinajstić information content (AvgIpc) is 2.61. The van der Waals surface area contributed by atoms with Crippen molar-refractivity contribution in [3.8, 4) is 5.75 Å². The van der Waals surface area contributed by atoms with Gasteiger partial charge in [0.1, 0.15) is 5.75 Å². The SMILES string of the molecule is CN=C(NCc1cccc(S(N)(=O)=O)c1)NCc1ccccc1OC(F)(F)F.I. The van der Waals surface area contributed by atoms with Crippen LogP contribution in [0.4, 0.5) is 13.2 Å². The van der Waals surface area contributed by atoms with Crippen molar-refractivity contribution < 1.29 is 26.3 Å². The molecule has 0 aliphatic heterocycles. The van der Waals surface area contributed by atoms with Gasteiger partial charge in [-0.25, -0.2) is 13.6 Å². The van der Waals surface area contributed by atoms with Crippen molar-refractivity contribution in [3.05, 3.63) is 59.7 Å². The Labute approximate surface area is 183 Å². The minimum atomic E-state index is -4.79. The highest BCUT2D eigenvalue weighted by molar-refractivity contribution is 14.0. The third-order valence-electron chi connectivity index (χ3n) is 3.56. The number of ether oxygens (including phenoxy) is 1. The van der Waals surface area contributed by atoms with Crippen LogP contribution in [0.3, 0.4) is 0 Å². The highest BCUT2D eigenvalue weighted by Gasteiger charge is 2.31. The number of guanidine groups is 1. The van der Waals surface area contributed by atoms with Gasteiger partial charge < -0.3 is 15.4 Å². The molecule has 2 aromatic rings. The van der Waals surface area contributed by atoms with Gasteiger partial charge in [0.2, 0.25) is 10.0 Å². The van der Waals surface area contributed by atoms with E-state index in [-0.39, 0.29) is 47.7 Å². The maximum Gasteiger partial charge on any atom is 0.573 e.